The minimum absolute atomic E-state index is 0.00356. The van der Waals surface area contributed by atoms with E-state index in [1.54, 1.807) is 0 Å². The lowest BCUT2D eigenvalue weighted by molar-refractivity contribution is -0.416. The molecule has 2 fully saturated rings. The molecule has 1 saturated heterocycles. The molecule has 1 aliphatic carbocycles. The Kier molecular flexibility index (Phi) is 7.12. The van der Waals surface area contributed by atoms with Crippen LogP contribution in [-0.2, 0) is 9.47 Å². The van der Waals surface area contributed by atoms with Crippen molar-refractivity contribution in [2.24, 2.45) is 17.8 Å². The molecule has 0 amide bonds. The van der Waals surface area contributed by atoms with Crippen molar-refractivity contribution in [1.82, 2.24) is 0 Å². The molecule has 27 heavy (non-hydrogen) atoms. The van der Waals surface area contributed by atoms with E-state index in [0.29, 0.717) is 19.3 Å². The highest BCUT2D eigenvalue weighted by Crippen LogP contribution is 2.54. The summed E-state index contributed by atoms with van der Waals surface area (Å²) in [5.74, 6) is -1.23. The largest absolute Gasteiger partial charge is 0.426 e. The van der Waals surface area contributed by atoms with Crippen LogP contribution in [0.3, 0.4) is 0 Å². The molecule has 160 valence electrons. The second kappa shape index (κ2) is 8.45. The Balaban J connectivity index is 2.32. The molecule has 1 saturated carbocycles. The summed E-state index contributed by atoms with van der Waals surface area (Å²) in [6, 6.07) is 0. The highest BCUT2D eigenvalue weighted by molar-refractivity contribution is 5.00. The SMILES string of the molecule is CC(O)CC1CC(C)CC1CC(OC1CCCCO1)(C(F)(F)F)C(F)(F)F. The maximum absolute atomic E-state index is 13.8. The van der Waals surface area contributed by atoms with E-state index in [-0.39, 0.29) is 31.8 Å². The summed E-state index contributed by atoms with van der Waals surface area (Å²) >= 11 is 0. The van der Waals surface area contributed by atoms with Crippen LogP contribution >= 0.6 is 0 Å². The molecule has 9 heteroatoms. The summed E-state index contributed by atoms with van der Waals surface area (Å²) in [5, 5.41) is 9.60. The molecule has 2 rings (SSSR count). The van der Waals surface area contributed by atoms with E-state index in [4.69, 9.17) is 9.47 Å². The van der Waals surface area contributed by atoms with Crippen molar-refractivity contribution in [1.29, 1.82) is 0 Å². The number of hydrogen-bond donors (Lipinski definition) is 1. The number of aliphatic hydroxyl groups is 1. The van der Waals surface area contributed by atoms with Crippen molar-refractivity contribution in [3.63, 3.8) is 0 Å². The highest BCUT2D eigenvalue weighted by Gasteiger charge is 2.73. The Morgan fingerprint density at radius 3 is 2.11 bits per heavy atom. The lowest BCUT2D eigenvalue weighted by atomic mass is 9.81. The summed E-state index contributed by atoms with van der Waals surface area (Å²) in [4.78, 5) is 0. The molecular weight excluding hydrogens is 378 g/mol. The quantitative estimate of drug-likeness (QED) is 0.615. The fraction of sp³-hybridized carbons (Fsp3) is 1.00. The van der Waals surface area contributed by atoms with Gasteiger partial charge in [-0.1, -0.05) is 6.92 Å². The smallest absolute Gasteiger partial charge is 0.393 e. The molecule has 0 aromatic heterocycles. The van der Waals surface area contributed by atoms with Crippen LogP contribution in [0.15, 0.2) is 0 Å². The van der Waals surface area contributed by atoms with Gasteiger partial charge in [0.2, 0.25) is 0 Å². The zero-order valence-electron chi connectivity index (χ0n) is 15.6. The predicted octanol–water partition coefficient (Wildman–Crippen LogP) is 5.22. The number of hydrogen-bond acceptors (Lipinski definition) is 3. The van der Waals surface area contributed by atoms with E-state index in [9.17, 15) is 31.4 Å². The van der Waals surface area contributed by atoms with Gasteiger partial charge in [-0.25, -0.2) is 0 Å². The van der Waals surface area contributed by atoms with Gasteiger partial charge in [0.1, 0.15) is 0 Å². The van der Waals surface area contributed by atoms with Gasteiger partial charge < -0.3 is 14.6 Å². The van der Waals surface area contributed by atoms with Gasteiger partial charge in [-0.05, 0) is 69.6 Å². The van der Waals surface area contributed by atoms with Crippen molar-refractivity contribution in [3.05, 3.63) is 0 Å². The first-order valence-electron chi connectivity index (χ1n) is 9.46. The first-order chi connectivity index (χ1) is 12.4. The third-order valence-corrected chi connectivity index (χ3v) is 5.66. The zero-order valence-corrected chi connectivity index (χ0v) is 15.6. The van der Waals surface area contributed by atoms with Gasteiger partial charge in [0, 0.05) is 6.61 Å². The molecule has 1 N–H and O–H groups in total. The van der Waals surface area contributed by atoms with E-state index >= 15 is 0 Å². The van der Waals surface area contributed by atoms with E-state index in [1.807, 2.05) is 6.92 Å². The third-order valence-electron chi connectivity index (χ3n) is 5.66. The summed E-state index contributed by atoms with van der Waals surface area (Å²) in [5.41, 5.74) is -4.26. The molecule has 5 atom stereocenters. The van der Waals surface area contributed by atoms with E-state index in [2.05, 4.69) is 0 Å². The first-order valence-corrected chi connectivity index (χ1v) is 9.46. The fourth-order valence-corrected chi connectivity index (χ4v) is 4.46. The summed E-state index contributed by atoms with van der Waals surface area (Å²) in [6.45, 7) is 3.39. The van der Waals surface area contributed by atoms with Gasteiger partial charge in [-0.2, -0.15) is 26.3 Å². The predicted molar refractivity (Wildman–Crippen MR) is 85.8 cm³/mol. The average Bonchev–Trinajstić information content (AvgIpc) is 2.84. The van der Waals surface area contributed by atoms with Crippen LogP contribution in [0.25, 0.3) is 0 Å². The molecule has 5 unspecified atom stereocenters. The lowest BCUT2D eigenvalue weighted by Gasteiger charge is -2.42. The standard InChI is InChI=1S/C18H28F6O3/c1-11-7-13(9-12(2)25)14(8-11)10-16(17(19,20)21,18(22,23)24)27-15-5-3-4-6-26-15/h11-15,25H,3-10H2,1-2H3. The average molecular weight is 406 g/mol. The second-order valence-corrected chi connectivity index (χ2v) is 8.12. The minimum atomic E-state index is -5.62. The van der Waals surface area contributed by atoms with Crippen LogP contribution in [0.2, 0.25) is 0 Å². The fourth-order valence-electron chi connectivity index (χ4n) is 4.46. The van der Waals surface area contributed by atoms with Crippen LogP contribution in [0, 0.1) is 17.8 Å². The lowest BCUT2D eigenvalue weighted by Crippen LogP contribution is -2.61. The number of alkyl halides is 6. The van der Waals surface area contributed by atoms with Gasteiger partial charge in [-0.3, -0.25) is 0 Å². The Morgan fingerprint density at radius 2 is 1.63 bits per heavy atom. The normalized spacial score (nSPS) is 31.9. The minimum Gasteiger partial charge on any atom is -0.393 e. The number of halogens is 6. The molecule has 0 bridgehead atoms. The van der Waals surface area contributed by atoms with Crippen LogP contribution in [0.4, 0.5) is 26.3 Å². The number of rotatable bonds is 6. The molecule has 3 nitrogen and oxygen atoms in total. The number of aliphatic hydroxyl groups excluding tert-OH is 1. The van der Waals surface area contributed by atoms with Crippen LogP contribution in [0.1, 0.15) is 58.8 Å². The molecule has 0 spiro atoms. The first kappa shape index (κ1) is 22.7. The van der Waals surface area contributed by atoms with E-state index in [0.717, 1.165) is 0 Å². The maximum atomic E-state index is 13.8. The molecule has 2 aliphatic rings. The van der Waals surface area contributed by atoms with E-state index in [1.165, 1.54) is 6.92 Å². The van der Waals surface area contributed by atoms with Crippen molar-refractivity contribution in [2.45, 2.75) is 89.1 Å². The third kappa shape index (κ3) is 5.29. The van der Waals surface area contributed by atoms with Gasteiger partial charge in [-0.15, -0.1) is 0 Å². The molecular formula is C18H28F6O3. The molecule has 0 aromatic carbocycles. The van der Waals surface area contributed by atoms with Gasteiger partial charge >= 0.3 is 12.4 Å². The Bertz CT molecular complexity index is 457. The zero-order chi connectivity index (χ0) is 20.5. The second-order valence-electron chi connectivity index (χ2n) is 8.12. The van der Waals surface area contributed by atoms with Crippen molar-refractivity contribution >= 4 is 0 Å². The summed E-state index contributed by atoms with van der Waals surface area (Å²) < 4.78 is 92.7. The molecule has 0 aromatic rings. The maximum Gasteiger partial charge on any atom is 0.426 e. The molecule has 1 heterocycles. The summed E-state index contributed by atoms with van der Waals surface area (Å²) in [6.07, 6.45) is -12.7. The van der Waals surface area contributed by atoms with Crippen molar-refractivity contribution in [2.75, 3.05) is 6.61 Å². The number of ether oxygens (including phenoxy) is 2. The molecule has 1 aliphatic heterocycles. The van der Waals surface area contributed by atoms with Gasteiger partial charge in [0.05, 0.1) is 6.10 Å². The summed E-state index contributed by atoms with van der Waals surface area (Å²) in [7, 11) is 0. The topological polar surface area (TPSA) is 38.7 Å². The van der Waals surface area contributed by atoms with Crippen LogP contribution < -0.4 is 0 Å². The van der Waals surface area contributed by atoms with Gasteiger partial charge in [0.15, 0.2) is 6.29 Å². The Labute approximate surface area is 155 Å². The van der Waals surface area contributed by atoms with Crippen LogP contribution in [-0.4, -0.2) is 42.1 Å². The van der Waals surface area contributed by atoms with E-state index < -0.39 is 48.6 Å². The Hall–Kier alpha value is -0.540. The Morgan fingerprint density at radius 1 is 1.04 bits per heavy atom. The highest BCUT2D eigenvalue weighted by atomic mass is 19.4. The van der Waals surface area contributed by atoms with Crippen LogP contribution in [0.5, 0.6) is 0 Å². The molecule has 0 radical (unpaired) electrons. The van der Waals surface area contributed by atoms with Crippen molar-refractivity contribution < 1.29 is 40.9 Å². The van der Waals surface area contributed by atoms with Gasteiger partial charge in [0.25, 0.3) is 5.60 Å². The monoisotopic (exact) mass is 406 g/mol. The van der Waals surface area contributed by atoms with Crippen molar-refractivity contribution in [3.8, 4) is 0 Å².